The maximum Gasteiger partial charge on any atom is 0.262 e. The molecule has 3 rings (SSSR count). The molecule has 1 amide bonds. The van der Waals surface area contributed by atoms with E-state index in [1.54, 1.807) is 12.1 Å². The van der Waals surface area contributed by atoms with Crippen LogP contribution < -0.4 is 16.4 Å². The number of hydrogen-bond donors (Lipinski definition) is 2. The second-order valence-electron chi connectivity index (χ2n) is 5.73. The van der Waals surface area contributed by atoms with Gasteiger partial charge in [0.25, 0.3) is 5.56 Å². The third-order valence-corrected chi connectivity index (χ3v) is 5.12. The number of amides is 1. The molecule has 0 saturated heterocycles. The van der Waals surface area contributed by atoms with Gasteiger partial charge < -0.3 is 0 Å². The summed E-state index contributed by atoms with van der Waals surface area (Å²) in [4.78, 5) is 30.2. The van der Waals surface area contributed by atoms with Crippen LogP contribution in [0.4, 0.5) is 5.95 Å². The Balaban J connectivity index is 1.70. The summed E-state index contributed by atoms with van der Waals surface area (Å²) >= 11 is 1.46. The molecule has 2 N–H and O–H groups in total. The van der Waals surface area contributed by atoms with Crippen molar-refractivity contribution in [1.82, 2.24) is 15.0 Å². The van der Waals surface area contributed by atoms with Crippen molar-refractivity contribution in [2.45, 2.75) is 25.3 Å². The van der Waals surface area contributed by atoms with Crippen LogP contribution in [0.15, 0.2) is 58.2 Å². The molecule has 7 heteroatoms. The van der Waals surface area contributed by atoms with E-state index < -0.39 is 0 Å². The fourth-order valence-corrected chi connectivity index (χ4v) is 3.41. The molecule has 0 unspecified atom stereocenters. The maximum atomic E-state index is 12.5. The third-order valence-electron chi connectivity index (χ3n) is 3.94. The zero-order chi connectivity index (χ0) is 18.5. The first-order chi connectivity index (χ1) is 12.6. The molecule has 2 aromatic carbocycles. The second-order valence-corrected chi connectivity index (χ2v) is 6.75. The predicted octanol–water partition coefficient (Wildman–Crippen LogP) is 2.96. The molecule has 26 heavy (non-hydrogen) atoms. The van der Waals surface area contributed by atoms with E-state index in [1.807, 2.05) is 50.2 Å². The highest BCUT2D eigenvalue weighted by molar-refractivity contribution is 8.00. The smallest absolute Gasteiger partial charge is 0.262 e. The lowest BCUT2D eigenvalue weighted by atomic mass is 10.2. The number of anilines is 1. The summed E-state index contributed by atoms with van der Waals surface area (Å²) in [6.45, 7) is 4.32. The average Bonchev–Trinajstić information content (AvgIpc) is 2.66. The normalized spacial score (nSPS) is 10.7. The van der Waals surface area contributed by atoms with E-state index in [9.17, 15) is 9.59 Å². The largest absolute Gasteiger partial charge is 0.277 e. The van der Waals surface area contributed by atoms with Crippen LogP contribution in [-0.4, -0.2) is 21.2 Å². The van der Waals surface area contributed by atoms with E-state index in [4.69, 9.17) is 0 Å². The van der Waals surface area contributed by atoms with Gasteiger partial charge in [-0.3, -0.25) is 25.0 Å². The molecule has 1 heterocycles. The maximum absolute atomic E-state index is 12.5. The van der Waals surface area contributed by atoms with E-state index in [0.29, 0.717) is 23.4 Å². The summed E-state index contributed by atoms with van der Waals surface area (Å²) in [6, 6.07) is 15.1. The van der Waals surface area contributed by atoms with Gasteiger partial charge in [-0.15, -0.1) is 11.8 Å². The fourth-order valence-electron chi connectivity index (χ4n) is 2.58. The minimum Gasteiger partial charge on any atom is -0.277 e. The SMILES string of the molecule is CCn1c(NNC(=O)CSc2ccccc2C)nc2ccccc2c1=O. The lowest BCUT2D eigenvalue weighted by Crippen LogP contribution is -2.35. The molecule has 0 atom stereocenters. The summed E-state index contributed by atoms with van der Waals surface area (Å²) in [7, 11) is 0. The highest BCUT2D eigenvalue weighted by atomic mass is 32.2. The Kier molecular flexibility index (Phi) is 5.58. The minimum absolute atomic E-state index is 0.135. The molecule has 1 aromatic heterocycles. The van der Waals surface area contributed by atoms with E-state index >= 15 is 0 Å². The molecule has 0 fully saturated rings. The Morgan fingerprint density at radius 1 is 1.15 bits per heavy atom. The van der Waals surface area contributed by atoms with Crippen molar-refractivity contribution < 1.29 is 4.79 Å². The van der Waals surface area contributed by atoms with Crippen molar-refractivity contribution in [2.75, 3.05) is 11.2 Å². The Morgan fingerprint density at radius 3 is 2.65 bits per heavy atom. The molecule has 0 spiro atoms. The van der Waals surface area contributed by atoms with Crippen LogP contribution in [0.2, 0.25) is 0 Å². The van der Waals surface area contributed by atoms with Gasteiger partial charge in [-0.05, 0) is 37.6 Å². The first-order valence-corrected chi connectivity index (χ1v) is 9.31. The molecular formula is C19H20N4O2S. The number of hydrogen-bond acceptors (Lipinski definition) is 5. The van der Waals surface area contributed by atoms with Gasteiger partial charge in [0.05, 0.1) is 16.7 Å². The van der Waals surface area contributed by atoms with Crippen LogP contribution in [0.5, 0.6) is 0 Å². The number of carbonyl (C=O) groups excluding carboxylic acids is 1. The van der Waals surface area contributed by atoms with Gasteiger partial charge in [0, 0.05) is 11.4 Å². The number of para-hydroxylation sites is 1. The molecular weight excluding hydrogens is 348 g/mol. The van der Waals surface area contributed by atoms with Crippen molar-refractivity contribution in [2.24, 2.45) is 0 Å². The Morgan fingerprint density at radius 2 is 1.88 bits per heavy atom. The lowest BCUT2D eigenvalue weighted by Gasteiger charge is -2.14. The first-order valence-electron chi connectivity index (χ1n) is 8.33. The summed E-state index contributed by atoms with van der Waals surface area (Å²) in [5.74, 6) is 0.399. The molecule has 3 aromatic rings. The highest BCUT2D eigenvalue weighted by Crippen LogP contribution is 2.21. The van der Waals surface area contributed by atoms with Gasteiger partial charge in [-0.2, -0.15) is 0 Å². The molecule has 134 valence electrons. The molecule has 0 bridgehead atoms. The number of nitrogens with zero attached hydrogens (tertiary/aromatic N) is 2. The van der Waals surface area contributed by atoms with Crippen LogP contribution in [0, 0.1) is 6.92 Å². The zero-order valence-corrected chi connectivity index (χ0v) is 15.5. The summed E-state index contributed by atoms with van der Waals surface area (Å²) < 4.78 is 1.50. The van der Waals surface area contributed by atoms with E-state index in [2.05, 4.69) is 15.8 Å². The van der Waals surface area contributed by atoms with Crippen molar-refractivity contribution in [3.63, 3.8) is 0 Å². The van der Waals surface area contributed by atoms with Crippen LogP contribution in [0.1, 0.15) is 12.5 Å². The van der Waals surface area contributed by atoms with E-state index in [0.717, 1.165) is 10.5 Å². The van der Waals surface area contributed by atoms with Crippen molar-refractivity contribution in [1.29, 1.82) is 0 Å². The highest BCUT2D eigenvalue weighted by Gasteiger charge is 2.10. The van der Waals surface area contributed by atoms with Gasteiger partial charge in [-0.1, -0.05) is 30.3 Å². The van der Waals surface area contributed by atoms with Crippen LogP contribution >= 0.6 is 11.8 Å². The summed E-state index contributed by atoms with van der Waals surface area (Å²) in [5.41, 5.74) is 7.00. The zero-order valence-electron chi connectivity index (χ0n) is 14.7. The summed E-state index contributed by atoms with van der Waals surface area (Å²) in [6.07, 6.45) is 0. The van der Waals surface area contributed by atoms with Crippen LogP contribution in [0.3, 0.4) is 0 Å². The lowest BCUT2D eigenvalue weighted by molar-refractivity contribution is -0.118. The number of carbonyl (C=O) groups is 1. The standard InChI is InChI=1S/C19H20N4O2S/c1-3-23-18(25)14-9-5-6-10-15(14)20-19(23)22-21-17(24)12-26-16-11-7-4-8-13(16)2/h4-11H,3,12H2,1-2H3,(H,20,22)(H,21,24). The molecule has 0 aliphatic heterocycles. The van der Waals surface area contributed by atoms with Crippen molar-refractivity contribution >= 4 is 34.5 Å². The Hall–Kier alpha value is -2.80. The molecule has 0 saturated carbocycles. The van der Waals surface area contributed by atoms with Crippen molar-refractivity contribution in [3.8, 4) is 0 Å². The number of rotatable bonds is 6. The second kappa shape index (κ2) is 8.05. The van der Waals surface area contributed by atoms with Gasteiger partial charge in [0.1, 0.15) is 0 Å². The first kappa shape index (κ1) is 18.0. The van der Waals surface area contributed by atoms with Crippen LogP contribution in [-0.2, 0) is 11.3 Å². The predicted molar refractivity (Wildman–Crippen MR) is 105 cm³/mol. The van der Waals surface area contributed by atoms with Gasteiger partial charge in [-0.25, -0.2) is 4.98 Å². The number of thioether (sulfide) groups is 1. The molecule has 0 aliphatic carbocycles. The minimum atomic E-state index is -0.191. The van der Waals surface area contributed by atoms with E-state index in [1.165, 1.54) is 16.3 Å². The molecule has 0 radical (unpaired) electrons. The number of fused-ring (bicyclic) bond motifs is 1. The number of benzene rings is 2. The Labute approximate surface area is 155 Å². The van der Waals surface area contributed by atoms with Gasteiger partial charge in [0.15, 0.2) is 0 Å². The van der Waals surface area contributed by atoms with Crippen LogP contribution in [0.25, 0.3) is 10.9 Å². The number of aromatic nitrogens is 2. The quantitative estimate of drug-likeness (QED) is 0.517. The molecule has 6 nitrogen and oxygen atoms in total. The average molecular weight is 368 g/mol. The van der Waals surface area contributed by atoms with E-state index in [-0.39, 0.29) is 17.2 Å². The fraction of sp³-hybridized carbons (Fsp3) is 0.211. The molecule has 0 aliphatic rings. The summed E-state index contributed by atoms with van der Waals surface area (Å²) in [5, 5.41) is 0.557. The monoisotopic (exact) mass is 368 g/mol. The number of aryl methyl sites for hydroxylation is 1. The van der Waals surface area contributed by atoms with Gasteiger partial charge in [0.2, 0.25) is 11.9 Å². The number of hydrazine groups is 1. The topological polar surface area (TPSA) is 76.0 Å². The van der Waals surface area contributed by atoms with Gasteiger partial charge >= 0.3 is 0 Å². The van der Waals surface area contributed by atoms with Crippen molar-refractivity contribution in [3.05, 3.63) is 64.4 Å². The number of nitrogens with one attached hydrogen (secondary N) is 2. The third kappa shape index (κ3) is 3.88. The Bertz CT molecular complexity index is 1000.